The van der Waals surface area contributed by atoms with Crippen molar-refractivity contribution in [2.75, 3.05) is 11.9 Å². The Balaban J connectivity index is 1.98. The summed E-state index contributed by atoms with van der Waals surface area (Å²) < 4.78 is 0. The number of aliphatic carboxylic acids is 1. The monoisotopic (exact) mass is 380 g/mol. The predicted molar refractivity (Wildman–Crippen MR) is 104 cm³/mol. The van der Waals surface area contributed by atoms with E-state index in [0.29, 0.717) is 24.7 Å². The molecule has 2 rings (SSSR count). The van der Waals surface area contributed by atoms with Crippen molar-refractivity contribution in [1.82, 2.24) is 5.32 Å². The molecule has 0 aliphatic heterocycles. The molecule has 0 aliphatic carbocycles. The van der Waals surface area contributed by atoms with E-state index >= 15 is 0 Å². The van der Waals surface area contributed by atoms with Gasteiger partial charge < -0.3 is 15.7 Å². The molecule has 0 atom stereocenters. The van der Waals surface area contributed by atoms with Crippen LogP contribution in [0.15, 0.2) is 30.3 Å². The van der Waals surface area contributed by atoms with Gasteiger partial charge in [-0.15, -0.1) is 0 Å². The van der Waals surface area contributed by atoms with Crippen molar-refractivity contribution >= 4 is 34.9 Å². The van der Waals surface area contributed by atoms with Crippen molar-refractivity contribution in [3.63, 3.8) is 0 Å². The normalized spacial score (nSPS) is 10.7. The maximum atomic E-state index is 10.5. The number of halogens is 2. The molecule has 0 saturated carbocycles. The number of benzene rings is 2. The van der Waals surface area contributed by atoms with Crippen molar-refractivity contribution in [2.45, 2.75) is 33.4 Å². The largest absolute Gasteiger partial charge is 0.481 e. The van der Waals surface area contributed by atoms with Gasteiger partial charge >= 0.3 is 5.97 Å². The lowest BCUT2D eigenvalue weighted by Gasteiger charge is -2.12. The van der Waals surface area contributed by atoms with E-state index in [4.69, 9.17) is 28.3 Å². The van der Waals surface area contributed by atoms with E-state index in [1.165, 1.54) is 0 Å². The standard InChI is InChI=1S/C19H22Cl2N2O2/c1-12-7-14(8-13(2)19(12)21)10-23-16-3-4-17(20)15(9-16)11-22-6-5-18(24)25/h3-4,7-9,22-23H,5-6,10-11H2,1-2H3,(H,24,25). The lowest BCUT2D eigenvalue weighted by molar-refractivity contribution is -0.136. The molecular formula is C19H22Cl2N2O2. The van der Waals surface area contributed by atoms with Gasteiger partial charge in [-0.2, -0.15) is 0 Å². The second-order valence-corrected chi connectivity index (χ2v) is 6.81. The summed E-state index contributed by atoms with van der Waals surface area (Å²) in [5.74, 6) is -0.817. The first-order valence-electron chi connectivity index (χ1n) is 8.07. The highest BCUT2D eigenvalue weighted by Crippen LogP contribution is 2.24. The van der Waals surface area contributed by atoms with E-state index < -0.39 is 5.97 Å². The van der Waals surface area contributed by atoms with Crippen LogP contribution >= 0.6 is 23.2 Å². The van der Waals surface area contributed by atoms with Crippen LogP contribution in [0, 0.1) is 13.8 Å². The molecule has 0 bridgehead atoms. The Hall–Kier alpha value is -1.75. The quantitative estimate of drug-likeness (QED) is 0.576. The zero-order valence-electron chi connectivity index (χ0n) is 14.3. The number of hydrogen-bond acceptors (Lipinski definition) is 3. The molecular weight excluding hydrogens is 359 g/mol. The third-order valence-electron chi connectivity index (χ3n) is 3.87. The van der Waals surface area contributed by atoms with Crippen LogP contribution in [0.3, 0.4) is 0 Å². The summed E-state index contributed by atoms with van der Waals surface area (Å²) in [6.07, 6.45) is 0.0881. The molecule has 25 heavy (non-hydrogen) atoms. The first-order valence-corrected chi connectivity index (χ1v) is 8.83. The fourth-order valence-corrected chi connectivity index (χ4v) is 2.87. The lowest BCUT2D eigenvalue weighted by atomic mass is 10.1. The Bertz CT molecular complexity index is 740. The highest BCUT2D eigenvalue weighted by molar-refractivity contribution is 6.32. The van der Waals surface area contributed by atoms with Crippen molar-refractivity contribution in [2.24, 2.45) is 0 Å². The van der Waals surface area contributed by atoms with Crippen molar-refractivity contribution < 1.29 is 9.90 Å². The molecule has 0 aliphatic rings. The van der Waals surface area contributed by atoms with Gasteiger partial charge in [0, 0.05) is 35.4 Å². The fourth-order valence-electron chi connectivity index (χ4n) is 2.58. The Morgan fingerprint density at radius 2 is 1.76 bits per heavy atom. The van der Waals surface area contributed by atoms with Gasteiger partial charge in [-0.1, -0.05) is 35.3 Å². The van der Waals surface area contributed by atoms with Crippen molar-refractivity contribution in [3.8, 4) is 0 Å². The molecule has 4 nitrogen and oxygen atoms in total. The minimum atomic E-state index is -0.817. The highest BCUT2D eigenvalue weighted by atomic mass is 35.5. The van der Waals surface area contributed by atoms with Gasteiger partial charge in [-0.3, -0.25) is 4.79 Å². The summed E-state index contributed by atoms with van der Waals surface area (Å²) in [7, 11) is 0. The predicted octanol–water partition coefficient (Wildman–Crippen LogP) is 4.79. The first-order chi connectivity index (χ1) is 11.9. The topological polar surface area (TPSA) is 61.4 Å². The average molecular weight is 381 g/mol. The summed E-state index contributed by atoms with van der Waals surface area (Å²) >= 11 is 12.4. The van der Waals surface area contributed by atoms with Crippen molar-refractivity contribution in [1.29, 1.82) is 0 Å². The van der Waals surface area contributed by atoms with Gasteiger partial charge in [0.25, 0.3) is 0 Å². The number of carboxylic acid groups (broad SMARTS) is 1. The molecule has 0 radical (unpaired) electrons. The number of aryl methyl sites for hydroxylation is 2. The first kappa shape index (κ1) is 19.6. The molecule has 134 valence electrons. The number of rotatable bonds is 8. The third kappa shape index (κ3) is 5.92. The molecule has 0 amide bonds. The van der Waals surface area contributed by atoms with Crippen LogP contribution < -0.4 is 10.6 Å². The minimum Gasteiger partial charge on any atom is -0.481 e. The molecule has 0 fully saturated rings. The van der Waals surface area contributed by atoms with Crippen LogP contribution in [-0.4, -0.2) is 17.6 Å². The second kappa shape index (κ2) is 9.09. The smallest absolute Gasteiger partial charge is 0.304 e. The maximum absolute atomic E-state index is 10.5. The van der Waals surface area contributed by atoms with Gasteiger partial charge in [0.1, 0.15) is 0 Å². The summed E-state index contributed by atoms with van der Waals surface area (Å²) in [6.45, 7) is 5.63. The minimum absolute atomic E-state index is 0.0881. The van der Waals surface area contributed by atoms with E-state index in [1.54, 1.807) is 0 Å². The maximum Gasteiger partial charge on any atom is 0.304 e. The lowest BCUT2D eigenvalue weighted by Crippen LogP contribution is -2.17. The summed E-state index contributed by atoms with van der Waals surface area (Å²) in [6, 6.07) is 9.90. The summed E-state index contributed by atoms with van der Waals surface area (Å²) in [4.78, 5) is 10.5. The Morgan fingerprint density at radius 1 is 1.08 bits per heavy atom. The zero-order valence-corrected chi connectivity index (χ0v) is 15.8. The van der Waals surface area contributed by atoms with Crippen LogP contribution in [0.4, 0.5) is 5.69 Å². The van der Waals surface area contributed by atoms with Crippen molar-refractivity contribution in [3.05, 3.63) is 62.6 Å². The summed E-state index contributed by atoms with van der Waals surface area (Å²) in [5, 5.41) is 16.6. The number of carboxylic acids is 1. The molecule has 6 heteroatoms. The molecule has 0 aromatic heterocycles. The van der Waals surface area contributed by atoms with Crippen LogP contribution in [-0.2, 0) is 17.9 Å². The average Bonchev–Trinajstić information content (AvgIpc) is 2.56. The molecule has 0 spiro atoms. The Morgan fingerprint density at radius 3 is 2.40 bits per heavy atom. The molecule has 0 unspecified atom stereocenters. The van der Waals surface area contributed by atoms with Crippen LogP contribution in [0.5, 0.6) is 0 Å². The Labute approximate surface area is 158 Å². The highest BCUT2D eigenvalue weighted by Gasteiger charge is 2.05. The molecule has 0 heterocycles. The Kier molecular flexibility index (Phi) is 7.12. The zero-order chi connectivity index (χ0) is 18.4. The van der Waals surface area contributed by atoms with E-state index in [0.717, 1.165) is 33.0 Å². The molecule has 0 saturated heterocycles. The van der Waals surface area contributed by atoms with Crippen LogP contribution in [0.1, 0.15) is 28.7 Å². The SMILES string of the molecule is Cc1cc(CNc2ccc(Cl)c(CNCCC(=O)O)c2)cc(C)c1Cl. The number of anilines is 1. The van der Waals surface area contributed by atoms with E-state index in [2.05, 4.69) is 22.8 Å². The van der Waals surface area contributed by atoms with E-state index in [1.807, 2.05) is 32.0 Å². The molecule has 2 aromatic rings. The van der Waals surface area contributed by atoms with Gasteiger partial charge in [-0.05, 0) is 54.3 Å². The molecule has 3 N–H and O–H groups in total. The number of nitrogens with one attached hydrogen (secondary N) is 2. The molecule has 2 aromatic carbocycles. The van der Waals surface area contributed by atoms with Crippen LogP contribution in [0.2, 0.25) is 10.0 Å². The number of carbonyl (C=O) groups is 1. The van der Waals surface area contributed by atoms with Gasteiger partial charge in [0.05, 0.1) is 6.42 Å². The second-order valence-electron chi connectivity index (χ2n) is 6.02. The number of hydrogen-bond donors (Lipinski definition) is 3. The fraction of sp³-hybridized carbons (Fsp3) is 0.316. The van der Waals surface area contributed by atoms with E-state index in [-0.39, 0.29) is 6.42 Å². The third-order valence-corrected chi connectivity index (χ3v) is 4.83. The van der Waals surface area contributed by atoms with Gasteiger partial charge in [0.15, 0.2) is 0 Å². The van der Waals surface area contributed by atoms with Gasteiger partial charge in [0.2, 0.25) is 0 Å². The van der Waals surface area contributed by atoms with Crippen LogP contribution in [0.25, 0.3) is 0 Å². The van der Waals surface area contributed by atoms with Gasteiger partial charge in [-0.25, -0.2) is 0 Å². The van der Waals surface area contributed by atoms with E-state index in [9.17, 15) is 4.79 Å². The summed E-state index contributed by atoms with van der Waals surface area (Å²) in [5.41, 5.74) is 5.19.